The number of carbonyl (C=O) groups excluding carboxylic acids is 2. The second kappa shape index (κ2) is 6.22. The molecule has 3 N–H and O–H groups in total. The number of amides is 2. The maximum absolute atomic E-state index is 12.2. The summed E-state index contributed by atoms with van der Waals surface area (Å²) >= 11 is 0. The van der Waals surface area contributed by atoms with Crippen LogP contribution >= 0.6 is 0 Å². The van der Waals surface area contributed by atoms with Gasteiger partial charge in [0.2, 0.25) is 5.91 Å². The summed E-state index contributed by atoms with van der Waals surface area (Å²) in [5.74, 6) is -0.522. The van der Waals surface area contributed by atoms with Crippen LogP contribution in [0.15, 0.2) is 42.5 Å². The van der Waals surface area contributed by atoms with Crippen molar-refractivity contribution in [2.45, 2.75) is 20.3 Å². The predicted molar refractivity (Wildman–Crippen MR) is 83.2 cm³/mol. The summed E-state index contributed by atoms with van der Waals surface area (Å²) in [7, 11) is 0. The number of aryl methyl sites for hydroxylation is 2. The van der Waals surface area contributed by atoms with Gasteiger partial charge in [-0.1, -0.05) is 29.3 Å². The second-order valence-corrected chi connectivity index (χ2v) is 5.17. The van der Waals surface area contributed by atoms with E-state index < -0.39 is 0 Å². The van der Waals surface area contributed by atoms with Crippen molar-refractivity contribution in [3.63, 3.8) is 0 Å². The molecule has 0 aliphatic rings. The Labute approximate surface area is 124 Å². The quantitative estimate of drug-likeness (QED) is 0.904. The van der Waals surface area contributed by atoms with E-state index in [1.165, 1.54) is 0 Å². The molecule has 0 spiro atoms. The lowest BCUT2D eigenvalue weighted by molar-refractivity contribution is -0.117. The molecule has 0 unspecified atom stereocenters. The SMILES string of the molecule is Cc1cc(C)cc(C(=O)Nc2ccc(CC(N)=O)cc2)c1. The third-order valence-electron chi connectivity index (χ3n) is 3.07. The summed E-state index contributed by atoms with van der Waals surface area (Å²) in [4.78, 5) is 23.0. The number of benzene rings is 2. The van der Waals surface area contributed by atoms with Crippen LogP contribution in [0.5, 0.6) is 0 Å². The molecule has 0 saturated carbocycles. The fraction of sp³-hybridized carbons (Fsp3) is 0.176. The van der Waals surface area contributed by atoms with Crippen LogP contribution in [-0.2, 0) is 11.2 Å². The maximum Gasteiger partial charge on any atom is 0.255 e. The highest BCUT2D eigenvalue weighted by Crippen LogP contribution is 2.14. The Bertz CT molecular complexity index is 655. The third kappa shape index (κ3) is 4.18. The van der Waals surface area contributed by atoms with Crippen LogP contribution in [0.3, 0.4) is 0 Å². The molecule has 4 nitrogen and oxygen atoms in total. The van der Waals surface area contributed by atoms with E-state index in [0.717, 1.165) is 16.7 Å². The molecule has 2 aromatic rings. The highest BCUT2D eigenvalue weighted by Gasteiger charge is 2.07. The highest BCUT2D eigenvalue weighted by molar-refractivity contribution is 6.04. The van der Waals surface area contributed by atoms with E-state index in [1.54, 1.807) is 24.3 Å². The van der Waals surface area contributed by atoms with Gasteiger partial charge in [0.15, 0.2) is 0 Å². The highest BCUT2D eigenvalue weighted by atomic mass is 16.2. The molecule has 4 heteroatoms. The average Bonchev–Trinajstić information content (AvgIpc) is 2.39. The van der Waals surface area contributed by atoms with Crippen LogP contribution in [0.4, 0.5) is 5.69 Å². The zero-order valence-electron chi connectivity index (χ0n) is 12.1. The number of nitrogens with one attached hydrogen (secondary N) is 1. The summed E-state index contributed by atoms with van der Waals surface area (Å²) in [6, 6.07) is 12.8. The zero-order valence-corrected chi connectivity index (χ0v) is 12.1. The topological polar surface area (TPSA) is 72.2 Å². The first-order valence-corrected chi connectivity index (χ1v) is 6.71. The van der Waals surface area contributed by atoms with E-state index in [9.17, 15) is 9.59 Å². The van der Waals surface area contributed by atoms with Crippen LogP contribution in [0.1, 0.15) is 27.0 Å². The smallest absolute Gasteiger partial charge is 0.255 e. The Morgan fingerprint density at radius 1 is 1.00 bits per heavy atom. The Morgan fingerprint density at radius 3 is 2.10 bits per heavy atom. The van der Waals surface area contributed by atoms with Crippen LogP contribution in [0.25, 0.3) is 0 Å². The minimum atomic E-state index is -0.373. The fourth-order valence-electron chi connectivity index (χ4n) is 2.22. The van der Waals surface area contributed by atoms with Gasteiger partial charge in [-0.25, -0.2) is 0 Å². The van der Waals surface area contributed by atoms with Crippen LogP contribution in [0.2, 0.25) is 0 Å². The molecule has 0 fully saturated rings. The normalized spacial score (nSPS) is 10.2. The Kier molecular flexibility index (Phi) is 4.38. The Hall–Kier alpha value is -2.62. The van der Waals surface area contributed by atoms with E-state index in [1.807, 2.05) is 32.0 Å². The van der Waals surface area contributed by atoms with E-state index in [-0.39, 0.29) is 18.2 Å². The Morgan fingerprint density at radius 2 is 1.57 bits per heavy atom. The monoisotopic (exact) mass is 282 g/mol. The van der Waals surface area contributed by atoms with Crippen molar-refractivity contribution in [3.05, 3.63) is 64.7 Å². The number of primary amides is 1. The van der Waals surface area contributed by atoms with Gasteiger partial charge in [0.05, 0.1) is 6.42 Å². The number of hydrogen-bond donors (Lipinski definition) is 2. The van der Waals surface area contributed by atoms with Gasteiger partial charge in [0.1, 0.15) is 0 Å². The number of nitrogens with two attached hydrogens (primary N) is 1. The molecule has 0 saturated heterocycles. The van der Waals surface area contributed by atoms with Gasteiger partial charge in [0, 0.05) is 11.3 Å². The lowest BCUT2D eigenvalue weighted by atomic mass is 10.1. The minimum absolute atomic E-state index is 0.149. The van der Waals surface area contributed by atoms with Crippen LogP contribution in [0, 0.1) is 13.8 Å². The zero-order chi connectivity index (χ0) is 15.4. The molecule has 21 heavy (non-hydrogen) atoms. The van der Waals surface area contributed by atoms with Crippen molar-refractivity contribution in [2.24, 2.45) is 5.73 Å². The summed E-state index contributed by atoms with van der Waals surface area (Å²) in [6.45, 7) is 3.92. The van der Waals surface area contributed by atoms with E-state index in [4.69, 9.17) is 5.73 Å². The van der Waals surface area contributed by atoms with Gasteiger partial charge in [-0.15, -0.1) is 0 Å². The molecule has 0 heterocycles. The summed E-state index contributed by atoms with van der Waals surface area (Å²) in [5.41, 5.74) is 9.39. The van der Waals surface area contributed by atoms with Gasteiger partial charge >= 0.3 is 0 Å². The van der Waals surface area contributed by atoms with Crippen molar-refractivity contribution in [1.29, 1.82) is 0 Å². The predicted octanol–water partition coefficient (Wildman–Crippen LogP) is 2.58. The van der Waals surface area contributed by atoms with Crippen molar-refractivity contribution in [1.82, 2.24) is 0 Å². The van der Waals surface area contributed by atoms with Crippen molar-refractivity contribution >= 4 is 17.5 Å². The number of anilines is 1. The van der Waals surface area contributed by atoms with Crippen molar-refractivity contribution < 1.29 is 9.59 Å². The molecular formula is C17H18N2O2. The van der Waals surface area contributed by atoms with E-state index >= 15 is 0 Å². The second-order valence-electron chi connectivity index (χ2n) is 5.17. The van der Waals surface area contributed by atoms with Crippen LogP contribution in [-0.4, -0.2) is 11.8 Å². The van der Waals surface area contributed by atoms with E-state index in [0.29, 0.717) is 11.3 Å². The third-order valence-corrected chi connectivity index (χ3v) is 3.07. The molecule has 0 radical (unpaired) electrons. The lowest BCUT2D eigenvalue weighted by Gasteiger charge is -2.08. The molecule has 2 rings (SSSR count). The van der Waals surface area contributed by atoms with Gasteiger partial charge in [0.25, 0.3) is 5.91 Å². The molecule has 0 atom stereocenters. The molecule has 2 aromatic carbocycles. The number of rotatable bonds is 4. The number of carbonyl (C=O) groups is 2. The molecule has 0 bridgehead atoms. The first-order valence-electron chi connectivity index (χ1n) is 6.71. The average molecular weight is 282 g/mol. The molecule has 0 aliphatic heterocycles. The van der Waals surface area contributed by atoms with Gasteiger partial charge < -0.3 is 11.1 Å². The first kappa shape index (κ1) is 14.8. The molecule has 0 aromatic heterocycles. The minimum Gasteiger partial charge on any atom is -0.369 e. The van der Waals surface area contributed by atoms with Crippen LogP contribution < -0.4 is 11.1 Å². The Balaban J connectivity index is 2.10. The summed E-state index contributed by atoms with van der Waals surface area (Å²) in [5, 5.41) is 2.84. The van der Waals surface area contributed by atoms with Gasteiger partial charge in [-0.3, -0.25) is 9.59 Å². The van der Waals surface area contributed by atoms with Crippen molar-refractivity contribution in [3.8, 4) is 0 Å². The largest absolute Gasteiger partial charge is 0.369 e. The number of hydrogen-bond acceptors (Lipinski definition) is 2. The fourth-order valence-corrected chi connectivity index (χ4v) is 2.22. The standard InChI is InChI=1S/C17H18N2O2/c1-11-7-12(2)9-14(8-11)17(21)19-15-5-3-13(4-6-15)10-16(18)20/h3-9H,10H2,1-2H3,(H2,18,20)(H,19,21). The first-order chi connectivity index (χ1) is 9.94. The maximum atomic E-state index is 12.2. The molecule has 2 amide bonds. The molecule has 0 aliphatic carbocycles. The van der Waals surface area contributed by atoms with Gasteiger partial charge in [-0.2, -0.15) is 0 Å². The van der Waals surface area contributed by atoms with Crippen molar-refractivity contribution in [2.75, 3.05) is 5.32 Å². The molecular weight excluding hydrogens is 264 g/mol. The lowest BCUT2D eigenvalue weighted by Crippen LogP contribution is -2.14. The van der Waals surface area contributed by atoms with Gasteiger partial charge in [-0.05, 0) is 43.7 Å². The van der Waals surface area contributed by atoms with E-state index in [2.05, 4.69) is 5.32 Å². The molecule has 108 valence electrons. The summed E-state index contributed by atoms with van der Waals surface area (Å²) in [6.07, 6.45) is 0.200. The summed E-state index contributed by atoms with van der Waals surface area (Å²) < 4.78 is 0.